The van der Waals surface area contributed by atoms with Gasteiger partial charge in [0.05, 0.1) is 28.6 Å². The lowest BCUT2D eigenvalue weighted by Crippen LogP contribution is -2.30. The van der Waals surface area contributed by atoms with E-state index in [1.807, 2.05) is 18.3 Å². The minimum atomic E-state index is -0.0712. The van der Waals surface area contributed by atoms with Crippen LogP contribution in [0.3, 0.4) is 0 Å². The van der Waals surface area contributed by atoms with Crippen LogP contribution in [0.1, 0.15) is 25.0 Å². The van der Waals surface area contributed by atoms with Crippen LogP contribution >= 0.6 is 0 Å². The Labute approximate surface area is 216 Å². The largest absolute Gasteiger partial charge is 0.310 e. The summed E-state index contributed by atoms with van der Waals surface area (Å²) in [4.78, 5) is 11.7. The van der Waals surface area contributed by atoms with Gasteiger partial charge in [-0.1, -0.05) is 68.4 Å². The predicted molar refractivity (Wildman–Crippen MR) is 151 cm³/mol. The van der Waals surface area contributed by atoms with E-state index in [0.717, 1.165) is 33.8 Å². The molecular formula is C33H26N4. The summed E-state index contributed by atoms with van der Waals surface area (Å²) in [7, 11) is 0. The molecular weight excluding hydrogens is 452 g/mol. The van der Waals surface area contributed by atoms with Crippen molar-refractivity contribution < 1.29 is 0 Å². The van der Waals surface area contributed by atoms with Gasteiger partial charge in [-0.15, -0.1) is 0 Å². The second-order valence-electron chi connectivity index (χ2n) is 10.0. The summed E-state index contributed by atoms with van der Waals surface area (Å²) in [6.07, 6.45) is 3.68. The second kappa shape index (κ2) is 8.17. The minimum absolute atomic E-state index is 0.0712. The molecule has 0 unspecified atom stereocenters. The van der Waals surface area contributed by atoms with Crippen LogP contribution in [0.2, 0.25) is 0 Å². The third-order valence-electron chi connectivity index (χ3n) is 7.49. The van der Waals surface area contributed by atoms with Gasteiger partial charge in [0.1, 0.15) is 5.82 Å². The quantitative estimate of drug-likeness (QED) is 0.257. The maximum absolute atomic E-state index is 5.00. The molecule has 0 spiro atoms. The average molecular weight is 479 g/mol. The third kappa shape index (κ3) is 3.30. The van der Waals surface area contributed by atoms with Crippen LogP contribution in [-0.2, 0) is 5.41 Å². The lowest BCUT2D eigenvalue weighted by molar-refractivity contribution is 0.632. The molecule has 37 heavy (non-hydrogen) atoms. The number of para-hydroxylation sites is 3. The van der Waals surface area contributed by atoms with Crippen LogP contribution in [0.15, 0.2) is 122 Å². The Morgan fingerprint density at radius 3 is 1.92 bits per heavy atom. The van der Waals surface area contributed by atoms with E-state index in [1.54, 1.807) is 6.20 Å². The summed E-state index contributed by atoms with van der Waals surface area (Å²) >= 11 is 0. The zero-order valence-corrected chi connectivity index (χ0v) is 20.8. The van der Waals surface area contributed by atoms with E-state index in [1.165, 1.54) is 22.5 Å². The first-order chi connectivity index (χ1) is 18.1. The van der Waals surface area contributed by atoms with Crippen LogP contribution in [-0.4, -0.2) is 14.5 Å². The number of rotatable bonds is 3. The van der Waals surface area contributed by atoms with Gasteiger partial charge in [-0.25, -0.2) is 4.98 Å². The van der Waals surface area contributed by atoms with Crippen molar-refractivity contribution in [2.75, 3.05) is 4.90 Å². The number of benzene rings is 4. The van der Waals surface area contributed by atoms with Crippen molar-refractivity contribution in [1.29, 1.82) is 0 Å². The Morgan fingerprint density at radius 1 is 0.622 bits per heavy atom. The van der Waals surface area contributed by atoms with E-state index in [2.05, 4.69) is 125 Å². The van der Waals surface area contributed by atoms with Gasteiger partial charge in [0.25, 0.3) is 0 Å². The van der Waals surface area contributed by atoms with Gasteiger partial charge in [0, 0.05) is 28.6 Å². The smallest absolute Gasteiger partial charge is 0.145 e. The predicted octanol–water partition coefficient (Wildman–Crippen LogP) is 8.20. The summed E-state index contributed by atoms with van der Waals surface area (Å²) in [6, 6.07) is 38.6. The Hall–Kier alpha value is -4.70. The van der Waals surface area contributed by atoms with Gasteiger partial charge in [0.2, 0.25) is 0 Å². The van der Waals surface area contributed by atoms with Crippen LogP contribution in [0.4, 0.5) is 17.1 Å². The number of imidazole rings is 1. The van der Waals surface area contributed by atoms with Gasteiger partial charge in [0.15, 0.2) is 0 Å². The Balaban J connectivity index is 1.38. The van der Waals surface area contributed by atoms with Crippen molar-refractivity contribution in [1.82, 2.24) is 14.5 Å². The first-order valence-corrected chi connectivity index (χ1v) is 12.6. The van der Waals surface area contributed by atoms with Crippen LogP contribution < -0.4 is 4.90 Å². The lowest BCUT2D eigenvalue weighted by Gasteiger charge is -2.42. The van der Waals surface area contributed by atoms with E-state index in [9.17, 15) is 0 Å². The summed E-state index contributed by atoms with van der Waals surface area (Å²) in [6.45, 7) is 4.63. The summed E-state index contributed by atoms with van der Waals surface area (Å²) in [5.41, 5.74) is 10.2. The number of hydrogen-bond donors (Lipinski definition) is 0. The molecule has 2 aromatic heterocycles. The highest BCUT2D eigenvalue weighted by atomic mass is 15.2. The fourth-order valence-electron chi connectivity index (χ4n) is 5.66. The molecule has 0 amide bonds. The van der Waals surface area contributed by atoms with Gasteiger partial charge in [-0.3, -0.25) is 9.55 Å². The summed E-state index contributed by atoms with van der Waals surface area (Å²) in [5.74, 6) is 0.904. The van der Waals surface area contributed by atoms with Crippen molar-refractivity contribution in [3.63, 3.8) is 0 Å². The Morgan fingerprint density at radius 2 is 1.24 bits per heavy atom. The third-order valence-corrected chi connectivity index (χ3v) is 7.49. The van der Waals surface area contributed by atoms with Crippen LogP contribution in [0.25, 0.3) is 28.1 Å². The molecule has 0 N–H and O–H groups in total. The van der Waals surface area contributed by atoms with Crippen LogP contribution in [0, 0.1) is 0 Å². The molecule has 1 aliphatic rings. The maximum atomic E-state index is 5.00. The first-order valence-electron chi connectivity index (χ1n) is 12.6. The molecule has 178 valence electrons. The molecule has 0 fully saturated rings. The van der Waals surface area contributed by atoms with Gasteiger partial charge in [-0.2, -0.15) is 0 Å². The van der Waals surface area contributed by atoms with Crippen molar-refractivity contribution >= 4 is 28.1 Å². The summed E-state index contributed by atoms with van der Waals surface area (Å²) < 4.78 is 2.19. The monoisotopic (exact) mass is 478 g/mol. The van der Waals surface area contributed by atoms with E-state index >= 15 is 0 Å². The highest BCUT2D eigenvalue weighted by molar-refractivity contribution is 5.87. The maximum Gasteiger partial charge on any atom is 0.145 e. The van der Waals surface area contributed by atoms with E-state index in [4.69, 9.17) is 4.98 Å². The van der Waals surface area contributed by atoms with Crippen molar-refractivity contribution in [2.45, 2.75) is 19.3 Å². The second-order valence-corrected chi connectivity index (χ2v) is 10.0. The molecule has 6 aromatic rings. The molecule has 7 rings (SSSR count). The number of anilines is 3. The molecule has 4 aromatic carbocycles. The molecule has 0 saturated carbocycles. The van der Waals surface area contributed by atoms with Gasteiger partial charge in [-0.05, 0) is 65.7 Å². The zero-order valence-electron chi connectivity index (χ0n) is 20.8. The zero-order chi connectivity index (χ0) is 25.0. The number of fused-ring (bicyclic) bond motifs is 3. The molecule has 4 heteroatoms. The summed E-state index contributed by atoms with van der Waals surface area (Å²) in [5, 5.41) is 0. The normalized spacial score (nSPS) is 13.8. The van der Waals surface area contributed by atoms with Crippen molar-refractivity contribution in [2.24, 2.45) is 0 Å². The molecule has 0 bridgehead atoms. The lowest BCUT2D eigenvalue weighted by atomic mass is 9.73. The van der Waals surface area contributed by atoms with Crippen molar-refractivity contribution in [3.8, 4) is 17.1 Å². The molecule has 0 atom stereocenters. The minimum Gasteiger partial charge on any atom is -0.310 e. The Bertz CT molecular complexity index is 1700. The first kappa shape index (κ1) is 21.6. The number of hydrogen-bond acceptors (Lipinski definition) is 3. The fourth-order valence-corrected chi connectivity index (χ4v) is 5.66. The molecule has 0 radical (unpaired) electrons. The molecule has 0 saturated heterocycles. The highest BCUT2D eigenvalue weighted by Gasteiger charge is 2.36. The van der Waals surface area contributed by atoms with E-state index in [-0.39, 0.29) is 5.41 Å². The topological polar surface area (TPSA) is 34.0 Å². The highest BCUT2D eigenvalue weighted by Crippen LogP contribution is 2.51. The average Bonchev–Trinajstić information content (AvgIpc) is 3.34. The SMILES string of the molecule is CC1(C)c2ccccc2N(c2ccc(-c3nc4ccncc4n3-c3ccccc3)cc2)c2ccccc21. The molecule has 4 nitrogen and oxygen atoms in total. The molecule has 1 aliphatic heterocycles. The molecule has 3 heterocycles. The fraction of sp³-hybridized carbons (Fsp3) is 0.0909. The van der Waals surface area contributed by atoms with Crippen molar-refractivity contribution in [3.05, 3.63) is 133 Å². The van der Waals surface area contributed by atoms with Gasteiger partial charge < -0.3 is 4.90 Å². The number of nitrogens with zero attached hydrogens (tertiary/aromatic N) is 4. The molecule has 0 aliphatic carbocycles. The number of aromatic nitrogens is 3. The van der Waals surface area contributed by atoms with E-state index in [0.29, 0.717) is 0 Å². The number of pyridine rings is 1. The Kier molecular flexibility index (Phi) is 4.76. The van der Waals surface area contributed by atoms with E-state index < -0.39 is 0 Å². The standard InChI is InChI=1S/C33H26N4/c1-33(2)26-12-6-8-14-29(26)36(30-15-9-7-13-27(30)33)25-18-16-23(17-19-25)32-35-28-20-21-34-22-31(28)37(32)24-10-4-3-5-11-24/h3-22H,1-2H3. The van der Waals surface area contributed by atoms with Gasteiger partial charge >= 0.3 is 0 Å². The van der Waals surface area contributed by atoms with Crippen LogP contribution in [0.5, 0.6) is 0 Å².